The lowest BCUT2D eigenvalue weighted by molar-refractivity contribution is -0.152. The van der Waals surface area contributed by atoms with Crippen molar-refractivity contribution in [3.8, 4) is 0 Å². The number of anilines is 1. The molecular formula is C31H39NO3. The van der Waals surface area contributed by atoms with Crippen LogP contribution in [0, 0.1) is 17.3 Å². The fourth-order valence-electron chi connectivity index (χ4n) is 8.61. The van der Waals surface area contributed by atoms with Crippen molar-refractivity contribution in [2.24, 2.45) is 17.3 Å². The van der Waals surface area contributed by atoms with Gasteiger partial charge >= 0.3 is 0 Å². The fourth-order valence-corrected chi connectivity index (χ4v) is 8.61. The van der Waals surface area contributed by atoms with Gasteiger partial charge in [-0.1, -0.05) is 24.6 Å². The summed E-state index contributed by atoms with van der Waals surface area (Å²) in [6.45, 7) is 6.04. The Morgan fingerprint density at radius 1 is 1.03 bits per heavy atom. The molecule has 5 aliphatic rings. The Labute approximate surface area is 209 Å². The Morgan fingerprint density at radius 2 is 1.77 bits per heavy atom. The van der Waals surface area contributed by atoms with Crippen LogP contribution in [-0.2, 0) is 9.59 Å². The number of benzene rings is 1. The predicted octanol–water partition coefficient (Wildman–Crippen LogP) is 5.90. The standard InChI is InChI=1S/C31H39NO3/c1-20(33)31(35)15-14-28-26-12-8-22-18-24(34)11-13-25(22)29(26)27(19-30(28,31)2)21-6-9-23(10-7-21)32-16-4-3-5-17-32/h6-7,9-10,18,26-28,35H,3-5,8,11-17,19H2,1-2H3/t26-,27+,28-,30-,31-/m0/s1. The lowest BCUT2D eigenvalue weighted by Gasteiger charge is -2.54. The van der Waals surface area contributed by atoms with Crippen molar-refractivity contribution in [3.63, 3.8) is 0 Å². The largest absolute Gasteiger partial charge is 0.382 e. The third-order valence-electron chi connectivity index (χ3n) is 10.5. The van der Waals surface area contributed by atoms with Crippen LogP contribution in [0.2, 0.25) is 0 Å². The summed E-state index contributed by atoms with van der Waals surface area (Å²) in [5.41, 5.74) is 5.15. The van der Waals surface area contributed by atoms with E-state index in [1.165, 1.54) is 47.2 Å². The zero-order valence-electron chi connectivity index (χ0n) is 21.3. The number of fused-ring (bicyclic) bond motifs is 4. The molecule has 4 nitrogen and oxygen atoms in total. The van der Waals surface area contributed by atoms with E-state index in [0.717, 1.165) is 45.2 Å². The van der Waals surface area contributed by atoms with Crippen LogP contribution < -0.4 is 4.90 Å². The van der Waals surface area contributed by atoms with Gasteiger partial charge in [-0.2, -0.15) is 0 Å². The van der Waals surface area contributed by atoms with Crippen molar-refractivity contribution in [2.45, 2.75) is 89.6 Å². The molecule has 1 aromatic rings. The number of hydrogen-bond donors (Lipinski definition) is 1. The van der Waals surface area contributed by atoms with Crippen molar-refractivity contribution in [3.05, 3.63) is 52.6 Å². The summed E-state index contributed by atoms with van der Waals surface area (Å²) >= 11 is 0. The minimum absolute atomic E-state index is 0.0718. The Balaban J connectivity index is 1.45. The second-order valence-corrected chi connectivity index (χ2v) is 12.1. The predicted molar refractivity (Wildman–Crippen MR) is 138 cm³/mol. The van der Waals surface area contributed by atoms with E-state index >= 15 is 0 Å². The highest BCUT2D eigenvalue weighted by molar-refractivity contribution is 5.93. The van der Waals surface area contributed by atoms with Crippen LogP contribution in [0.5, 0.6) is 0 Å². The van der Waals surface area contributed by atoms with Gasteiger partial charge in [0.1, 0.15) is 5.60 Å². The Morgan fingerprint density at radius 3 is 2.49 bits per heavy atom. The Hall–Kier alpha value is -2.20. The Kier molecular flexibility index (Phi) is 5.60. The van der Waals surface area contributed by atoms with Gasteiger partial charge < -0.3 is 10.0 Å². The molecule has 1 saturated heterocycles. The molecule has 1 aromatic carbocycles. The van der Waals surface area contributed by atoms with Crippen molar-refractivity contribution < 1.29 is 14.7 Å². The monoisotopic (exact) mass is 473 g/mol. The number of piperidine rings is 1. The molecule has 3 fully saturated rings. The maximum atomic E-state index is 12.8. The van der Waals surface area contributed by atoms with Gasteiger partial charge in [0.05, 0.1) is 0 Å². The zero-order chi connectivity index (χ0) is 24.4. The van der Waals surface area contributed by atoms with Crippen LogP contribution in [0.25, 0.3) is 0 Å². The van der Waals surface area contributed by atoms with Crippen molar-refractivity contribution in [1.82, 2.24) is 0 Å². The first-order chi connectivity index (χ1) is 16.8. The number of Topliss-reactive ketones (excluding diaryl/α,β-unsaturated/α-hetero) is 1. The summed E-state index contributed by atoms with van der Waals surface area (Å²) in [5.74, 6) is 1.08. The molecule has 35 heavy (non-hydrogen) atoms. The average Bonchev–Trinajstić information content (AvgIpc) is 3.15. The molecule has 2 saturated carbocycles. The quantitative estimate of drug-likeness (QED) is 0.594. The maximum Gasteiger partial charge on any atom is 0.161 e. The summed E-state index contributed by atoms with van der Waals surface area (Å²) < 4.78 is 0. The second-order valence-electron chi connectivity index (χ2n) is 12.1. The molecular weight excluding hydrogens is 434 g/mol. The number of nitrogens with zero attached hydrogens (tertiary/aromatic N) is 1. The van der Waals surface area contributed by atoms with Crippen molar-refractivity contribution in [2.75, 3.05) is 18.0 Å². The first kappa shape index (κ1) is 23.2. The lowest BCUT2D eigenvalue weighted by atomic mass is 9.51. The van der Waals surface area contributed by atoms with E-state index in [4.69, 9.17) is 0 Å². The molecule has 1 heterocycles. The first-order valence-corrected chi connectivity index (χ1v) is 13.9. The molecule has 6 rings (SSSR count). The van der Waals surface area contributed by atoms with Crippen LogP contribution >= 0.6 is 0 Å². The van der Waals surface area contributed by atoms with Gasteiger partial charge in [-0.3, -0.25) is 9.59 Å². The normalized spacial score (nSPS) is 36.9. The third-order valence-corrected chi connectivity index (χ3v) is 10.5. The topological polar surface area (TPSA) is 57.6 Å². The molecule has 4 aliphatic carbocycles. The van der Waals surface area contributed by atoms with Gasteiger partial charge in [-0.05, 0) is 111 Å². The first-order valence-electron chi connectivity index (χ1n) is 13.9. The SMILES string of the molecule is CC(=O)[C@@]1(O)CC[C@H]2[C@@H]3CCC4=CC(=O)CCC4=C3[C@@H](c3ccc(N4CCCCC4)cc3)C[C@@]21C. The minimum atomic E-state index is -1.24. The van der Waals surface area contributed by atoms with Gasteiger partial charge in [-0.25, -0.2) is 0 Å². The zero-order valence-corrected chi connectivity index (χ0v) is 21.3. The molecule has 0 radical (unpaired) electrons. The summed E-state index contributed by atoms with van der Waals surface area (Å²) in [4.78, 5) is 27.5. The molecule has 0 aromatic heterocycles. The molecule has 0 spiro atoms. The Bertz CT molecular complexity index is 1110. The number of carbonyl (C=O) groups is 2. The number of aliphatic hydroxyl groups is 1. The van der Waals surface area contributed by atoms with E-state index in [1.54, 1.807) is 6.92 Å². The number of allylic oxidation sites excluding steroid dienone is 4. The summed E-state index contributed by atoms with van der Waals surface area (Å²) in [5, 5.41) is 11.7. The molecule has 4 heteroatoms. The van der Waals surface area contributed by atoms with Crippen LogP contribution in [-0.4, -0.2) is 35.4 Å². The number of hydrogen-bond acceptors (Lipinski definition) is 4. The van der Waals surface area contributed by atoms with Gasteiger partial charge in [0.2, 0.25) is 0 Å². The van der Waals surface area contributed by atoms with Crippen molar-refractivity contribution >= 4 is 17.3 Å². The number of rotatable bonds is 3. The van der Waals surface area contributed by atoms with E-state index in [-0.39, 0.29) is 17.5 Å². The molecule has 1 aliphatic heterocycles. The molecule has 1 N–H and O–H groups in total. The average molecular weight is 474 g/mol. The molecule has 0 bridgehead atoms. The maximum absolute atomic E-state index is 12.8. The smallest absolute Gasteiger partial charge is 0.161 e. The van der Waals surface area contributed by atoms with Crippen LogP contribution in [0.1, 0.15) is 89.5 Å². The van der Waals surface area contributed by atoms with Gasteiger partial charge in [0, 0.05) is 36.5 Å². The number of ketones is 2. The highest BCUT2D eigenvalue weighted by atomic mass is 16.3. The summed E-state index contributed by atoms with van der Waals surface area (Å²) in [6, 6.07) is 9.17. The highest BCUT2D eigenvalue weighted by Crippen LogP contribution is 2.66. The fraction of sp³-hybridized carbons (Fsp3) is 0.613. The van der Waals surface area contributed by atoms with E-state index < -0.39 is 11.0 Å². The van der Waals surface area contributed by atoms with Gasteiger partial charge in [0.25, 0.3) is 0 Å². The van der Waals surface area contributed by atoms with Gasteiger partial charge in [-0.15, -0.1) is 0 Å². The second kappa shape index (κ2) is 8.44. The number of carbonyl (C=O) groups excluding carboxylic acids is 2. The van der Waals surface area contributed by atoms with E-state index in [1.807, 2.05) is 6.08 Å². The van der Waals surface area contributed by atoms with Crippen molar-refractivity contribution in [1.29, 1.82) is 0 Å². The van der Waals surface area contributed by atoms with Crippen LogP contribution in [0.15, 0.2) is 47.1 Å². The molecule has 5 atom stereocenters. The molecule has 186 valence electrons. The van der Waals surface area contributed by atoms with Crippen LogP contribution in [0.3, 0.4) is 0 Å². The van der Waals surface area contributed by atoms with Crippen LogP contribution in [0.4, 0.5) is 5.69 Å². The molecule has 0 unspecified atom stereocenters. The summed E-state index contributed by atoms with van der Waals surface area (Å²) in [7, 11) is 0. The van der Waals surface area contributed by atoms with Gasteiger partial charge in [0.15, 0.2) is 11.6 Å². The summed E-state index contributed by atoms with van der Waals surface area (Å²) in [6.07, 6.45) is 11.5. The highest BCUT2D eigenvalue weighted by Gasteiger charge is 2.64. The van der Waals surface area contributed by atoms with E-state index in [9.17, 15) is 14.7 Å². The minimum Gasteiger partial charge on any atom is -0.382 e. The third kappa shape index (κ3) is 3.50. The lowest BCUT2D eigenvalue weighted by Crippen LogP contribution is -2.55. The van der Waals surface area contributed by atoms with E-state index in [2.05, 4.69) is 36.1 Å². The molecule has 0 amide bonds. The van der Waals surface area contributed by atoms with E-state index in [0.29, 0.717) is 24.7 Å².